The SMILES string of the molecule is CCCCCOC/C=C\c1cccc(C(O)c2ccccc2-c2ccc(Sc3ccc(OCCCC)cc3)c(S(=O)(=O)Oc3ccccc3)c2)c1. The number of para-hydroxylation sites is 1. The van der Waals surface area contributed by atoms with Gasteiger partial charge in [0, 0.05) is 16.4 Å². The third-order valence-corrected chi connectivity index (χ3v) is 10.7. The summed E-state index contributed by atoms with van der Waals surface area (Å²) in [6, 6.07) is 36.7. The van der Waals surface area contributed by atoms with E-state index in [0.29, 0.717) is 34.8 Å². The predicted octanol–water partition coefficient (Wildman–Crippen LogP) is 10.8. The van der Waals surface area contributed by atoms with Crippen LogP contribution >= 0.6 is 11.8 Å². The third kappa shape index (κ3) is 11.1. The van der Waals surface area contributed by atoms with Gasteiger partial charge in [-0.25, -0.2) is 0 Å². The molecule has 5 rings (SSSR count). The van der Waals surface area contributed by atoms with Crippen molar-refractivity contribution in [2.24, 2.45) is 0 Å². The molecule has 1 unspecified atom stereocenters. The first-order chi connectivity index (χ1) is 24.9. The fourth-order valence-corrected chi connectivity index (χ4v) is 7.76. The normalized spacial score (nSPS) is 12.2. The van der Waals surface area contributed by atoms with Crippen LogP contribution < -0.4 is 8.92 Å². The van der Waals surface area contributed by atoms with Crippen LogP contribution in [0.25, 0.3) is 17.2 Å². The molecule has 0 radical (unpaired) electrons. The molecule has 0 spiro atoms. The summed E-state index contributed by atoms with van der Waals surface area (Å²) in [5, 5.41) is 11.7. The molecular formula is C43H46O6S2. The first-order valence-corrected chi connectivity index (χ1v) is 19.8. The molecule has 51 heavy (non-hydrogen) atoms. The largest absolute Gasteiger partial charge is 0.494 e. The molecule has 0 saturated heterocycles. The van der Waals surface area contributed by atoms with Crippen LogP contribution in [0.2, 0.25) is 0 Å². The summed E-state index contributed by atoms with van der Waals surface area (Å²) in [5.41, 5.74) is 3.69. The van der Waals surface area contributed by atoms with E-state index in [-0.39, 0.29) is 10.6 Å². The summed E-state index contributed by atoms with van der Waals surface area (Å²) in [4.78, 5) is 1.40. The molecule has 0 aromatic heterocycles. The average Bonchev–Trinajstić information content (AvgIpc) is 3.15. The molecule has 0 heterocycles. The van der Waals surface area contributed by atoms with Gasteiger partial charge in [0.05, 0.1) is 13.2 Å². The first-order valence-electron chi connectivity index (χ1n) is 17.5. The Labute approximate surface area is 307 Å². The van der Waals surface area contributed by atoms with Crippen LogP contribution in [-0.2, 0) is 14.9 Å². The van der Waals surface area contributed by atoms with Crippen molar-refractivity contribution in [1.29, 1.82) is 0 Å². The zero-order valence-corrected chi connectivity index (χ0v) is 30.9. The molecule has 8 heteroatoms. The minimum atomic E-state index is -4.25. The zero-order chi connectivity index (χ0) is 35.9. The molecule has 5 aromatic carbocycles. The average molecular weight is 723 g/mol. The molecule has 6 nitrogen and oxygen atoms in total. The summed E-state index contributed by atoms with van der Waals surface area (Å²) in [6.07, 6.45) is 8.44. The van der Waals surface area contributed by atoms with Crippen molar-refractivity contribution in [3.8, 4) is 22.6 Å². The Bertz CT molecular complexity index is 1960. The number of aliphatic hydroxyl groups excluding tert-OH is 1. The Balaban J connectivity index is 1.44. The summed E-state index contributed by atoms with van der Waals surface area (Å²) in [7, 11) is -4.25. The van der Waals surface area contributed by atoms with Crippen molar-refractivity contribution in [3.05, 3.63) is 144 Å². The highest BCUT2D eigenvalue weighted by Gasteiger charge is 2.24. The third-order valence-electron chi connectivity index (χ3n) is 8.19. The first kappa shape index (κ1) is 37.9. The van der Waals surface area contributed by atoms with Crippen LogP contribution in [0.15, 0.2) is 142 Å². The molecule has 0 aliphatic rings. The van der Waals surface area contributed by atoms with E-state index in [1.54, 1.807) is 42.5 Å². The molecule has 0 fully saturated rings. The van der Waals surface area contributed by atoms with Crippen molar-refractivity contribution < 1.29 is 27.2 Å². The number of hydrogen-bond acceptors (Lipinski definition) is 7. The quantitative estimate of drug-likeness (QED) is 0.0671. The van der Waals surface area contributed by atoms with E-state index >= 15 is 0 Å². The van der Waals surface area contributed by atoms with Gasteiger partial charge in [0.1, 0.15) is 22.5 Å². The Morgan fingerprint density at radius 2 is 1.51 bits per heavy atom. The lowest BCUT2D eigenvalue weighted by atomic mass is 9.92. The van der Waals surface area contributed by atoms with E-state index < -0.39 is 16.2 Å². The van der Waals surface area contributed by atoms with Gasteiger partial charge in [-0.15, -0.1) is 0 Å². The minimum absolute atomic E-state index is 0.0328. The fourth-order valence-electron chi connectivity index (χ4n) is 5.47. The molecule has 266 valence electrons. The number of aliphatic hydroxyl groups is 1. The number of benzene rings is 5. The summed E-state index contributed by atoms with van der Waals surface area (Å²) < 4.78 is 45.0. The molecule has 5 aromatic rings. The zero-order valence-electron chi connectivity index (χ0n) is 29.2. The number of hydrogen-bond donors (Lipinski definition) is 1. The molecule has 0 amide bonds. The van der Waals surface area contributed by atoms with Gasteiger partial charge < -0.3 is 18.8 Å². The maximum absolute atomic E-state index is 13.9. The van der Waals surface area contributed by atoms with Crippen LogP contribution in [0.1, 0.15) is 68.7 Å². The highest BCUT2D eigenvalue weighted by molar-refractivity contribution is 8.00. The lowest BCUT2D eigenvalue weighted by Gasteiger charge is -2.18. The van der Waals surface area contributed by atoms with Crippen LogP contribution in [0.3, 0.4) is 0 Å². The van der Waals surface area contributed by atoms with E-state index in [2.05, 4.69) is 13.8 Å². The second-order valence-corrected chi connectivity index (χ2v) is 14.8. The van der Waals surface area contributed by atoms with Crippen LogP contribution in [0, 0.1) is 0 Å². The second kappa shape index (κ2) is 19.3. The molecule has 0 bridgehead atoms. The molecule has 1 N–H and O–H groups in total. The van der Waals surface area contributed by atoms with Gasteiger partial charge in [-0.1, -0.05) is 124 Å². The molecule has 1 atom stereocenters. The number of ether oxygens (including phenoxy) is 2. The lowest BCUT2D eigenvalue weighted by Crippen LogP contribution is -2.11. The maximum Gasteiger partial charge on any atom is 0.340 e. The van der Waals surface area contributed by atoms with Gasteiger partial charge in [0.15, 0.2) is 0 Å². The standard InChI is InChI=1S/C43H46O6S2/c1-3-5-12-28-47-29-14-16-33-15-13-17-35(31-33)43(44)40-21-11-10-20-39(40)34-22-27-41(50-38-25-23-36(24-26-38)48-30-6-4-2)42(32-34)51(45,46)49-37-18-8-7-9-19-37/h7-11,13-27,31-32,43-44H,3-6,12,28-30H2,1-2H3/b16-14-. The Hall–Kier alpha value is -4.34. The maximum atomic E-state index is 13.9. The van der Waals surface area contributed by atoms with Gasteiger partial charge in [-0.05, 0) is 95.3 Å². The highest BCUT2D eigenvalue weighted by atomic mass is 32.2. The van der Waals surface area contributed by atoms with Crippen LogP contribution in [-0.4, -0.2) is 33.3 Å². The van der Waals surface area contributed by atoms with E-state index in [1.165, 1.54) is 11.8 Å². The van der Waals surface area contributed by atoms with Crippen LogP contribution in [0.5, 0.6) is 11.5 Å². The minimum Gasteiger partial charge on any atom is -0.494 e. The van der Waals surface area contributed by atoms with Crippen molar-refractivity contribution in [2.45, 2.75) is 66.7 Å². The topological polar surface area (TPSA) is 82.1 Å². The summed E-state index contributed by atoms with van der Waals surface area (Å²) >= 11 is 1.33. The van der Waals surface area contributed by atoms with Crippen molar-refractivity contribution in [3.63, 3.8) is 0 Å². The second-order valence-electron chi connectivity index (χ2n) is 12.1. The predicted molar refractivity (Wildman–Crippen MR) is 207 cm³/mol. The van der Waals surface area contributed by atoms with E-state index in [1.807, 2.05) is 91.0 Å². The Morgan fingerprint density at radius 1 is 0.745 bits per heavy atom. The van der Waals surface area contributed by atoms with Crippen LogP contribution in [0.4, 0.5) is 0 Å². The monoisotopic (exact) mass is 722 g/mol. The smallest absolute Gasteiger partial charge is 0.340 e. The lowest BCUT2D eigenvalue weighted by molar-refractivity contribution is 0.158. The fraction of sp³-hybridized carbons (Fsp3) is 0.256. The van der Waals surface area contributed by atoms with Gasteiger partial charge in [0.2, 0.25) is 0 Å². The summed E-state index contributed by atoms with van der Waals surface area (Å²) in [6.45, 7) is 6.22. The van der Waals surface area contributed by atoms with Gasteiger partial charge in [-0.2, -0.15) is 8.42 Å². The molecule has 0 saturated carbocycles. The van der Waals surface area contributed by atoms with Crippen molar-refractivity contribution in [2.75, 3.05) is 19.8 Å². The number of rotatable bonds is 19. The van der Waals surface area contributed by atoms with E-state index in [9.17, 15) is 13.5 Å². The van der Waals surface area contributed by atoms with Crippen molar-refractivity contribution in [1.82, 2.24) is 0 Å². The van der Waals surface area contributed by atoms with E-state index in [4.69, 9.17) is 13.7 Å². The van der Waals surface area contributed by atoms with E-state index in [0.717, 1.165) is 60.5 Å². The number of unbranched alkanes of at least 4 members (excludes halogenated alkanes) is 3. The van der Waals surface area contributed by atoms with Crippen molar-refractivity contribution >= 4 is 28.0 Å². The highest BCUT2D eigenvalue weighted by Crippen LogP contribution is 2.39. The Kier molecular flexibility index (Phi) is 14.4. The molecule has 0 aliphatic heterocycles. The van der Waals surface area contributed by atoms with Gasteiger partial charge in [0.25, 0.3) is 0 Å². The summed E-state index contributed by atoms with van der Waals surface area (Å²) in [5.74, 6) is 0.993. The van der Waals surface area contributed by atoms with Gasteiger partial charge in [-0.3, -0.25) is 0 Å². The van der Waals surface area contributed by atoms with Gasteiger partial charge >= 0.3 is 10.1 Å². The molecular weight excluding hydrogens is 677 g/mol. The molecule has 0 aliphatic carbocycles. The Morgan fingerprint density at radius 3 is 2.29 bits per heavy atom.